The van der Waals surface area contributed by atoms with Crippen LogP contribution in [0, 0.1) is 11.6 Å². The topological polar surface area (TPSA) is 34.1 Å². The third kappa shape index (κ3) is 3.76. The van der Waals surface area contributed by atoms with E-state index in [1.165, 1.54) is 0 Å². The van der Waals surface area contributed by atoms with Gasteiger partial charge in [0, 0.05) is 11.6 Å². The molecule has 25 heavy (non-hydrogen) atoms. The molecule has 0 aliphatic heterocycles. The Labute approximate surface area is 132 Å². The summed E-state index contributed by atoms with van der Waals surface area (Å²) in [6.07, 6.45) is -14.4. The highest BCUT2D eigenvalue weighted by atomic mass is 19.4. The molecule has 0 aliphatic rings. The van der Waals surface area contributed by atoms with Crippen molar-refractivity contribution in [3.63, 3.8) is 0 Å². The molecule has 2 nitrogen and oxygen atoms in total. The lowest BCUT2D eigenvalue weighted by Crippen LogP contribution is -2.63. The number of ketones is 2. The fourth-order valence-electron chi connectivity index (χ4n) is 1.72. The van der Waals surface area contributed by atoms with Crippen LogP contribution < -0.4 is 0 Å². The van der Waals surface area contributed by atoms with E-state index in [9.17, 15) is 53.5 Å². The van der Waals surface area contributed by atoms with Crippen LogP contribution in [-0.2, 0) is 4.79 Å². The Bertz CT molecular complexity index is 662. The predicted molar refractivity (Wildman–Crippen MR) is 61.2 cm³/mol. The Hall–Kier alpha value is -2.14. The highest BCUT2D eigenvalue weighted by Crippen LogP contribution is 2.49. The normalized spacial score (nSPS) is 15.2. The van der Waals surface area contributed by atoms with E-state index in [1.807, 2.05) is 0 Å². The first-order chi connectivity index (χ1) is 11.1. The molecule has 12 heteroatoms. The number of carbonyl (C=O) groups excluding carboxylic acids is 2. The van der Waals surface area contributed by atoms with Crippen LogP contribution in [0.1, 0.15) is 16.8 Å². The van der Waals surface area contributed by atoms with Crippen molar-refractivity contribution in [1.29, 1.82) is 0 Å². The number of hydrogen-bond acceptors (Lipinski definition) is 2. The lowest BCUT2D eigenvalue weighted by atomic mass is 9.90. The quantitative estimate of drug-likeness (QED) is 0.417. The number of halogens is 10. The summed E-state index contributed by atoms with van der Waals surface area (Å²) in [6.45, 7) is 0. The highest BCUT2D eigenvalue weighted by molar-refractivity contribution is 6.10. The first-order valence-electron chi connectivity index (χ1n) is 6.08. The van der Waals surface area contributed by atoms with E-state index in [4.69, 9.17) is 0 Å². The summed E-state index contributed by atoms with van der Waals surface area (Å²) in [6, 6.07) is 0.771. The Morgan fingerprint density at radius 1 is 0.880 bits per heavy atom. The summed E-state index contributed by atoms with van der Waals surface area (Å²) in [5.74, 6) is -14.0. The Kier molecular flexibility index (Phi) is 5.55. The maximum absolute atomic E-state index is 13.4. The molecule has 0 radical (unpaired) electrons. The van der Waals surface area contributed by atoms with Crippen molar-refractivity contribution in [1.82, 2.24) is 0 Å². The van der Waals surface area contributed by atoms with Crippen molar-refractivity contribution < 1.29 is 53.5 Å². The Morgan fingerprint density at radius 2 is 1.32 bits per heavy atom. The van der Waals surface area contributed by atoms with Crippen LogP contribution in [0.15, 0.2) is 18.2 Å². The third-order valence-corrected chi connectivity index (χ3v) is 3.03. The van der Waals surface area contributed by atoms with Crippen molar-refractivity contribution in [2.75, 3.05) is 0 Å². The molecule has 0 amide bonds. The van der Waals surface area contributed by atoms with Crippen molar-refractivity contribution in [3.8, 4) is 0 Å². The largest absolute Gasteiger partial charge is 0.434 e. The molecule has 0 heterocycles. The first-order valence-corrected chi connectivity index (χ1v) is 6.08. The van der Waals surface area contributed by atoms with E-state index in [-0.39, 0.29) is 18.2 Å². The number of carbonyl (C=O) groups is 2. The van der Waals surface area contributed by atoms with Gasteiger partial charge < -0.3 is 0 Å². The summed E-state index contributed by atoms with van der Waals surface area (Å²) in [5.41, 5.74) is -7.57. The maximum Gasteiger partial charge on any atom is 0.434 e. The molecular formula is C13H6F10O2. The minimum absolute atomic E-state index is 0.250. The van der Waals surface area contributed by atoms with E-state index < -0.39 is 59.4 Å². The van der Waals surface area contributed by atoms with E-state index in [0.29, 0.717) is 0 Å². The van der Waals surface area contributed by atoms with Crippen LogP contribution in [0.5, 0.6) is 0 Å². The van der Waals surface area contributed by atoms with Gasteiger partial charge >= 0.3 is 17.8 Å². The van der Waals surface area contributed by atoms with Gasteiger partial charge in [0.15, 0.2) is 5.78 Å². The fraction of sp³-hybridized carbons (Fsp3) is 0.385. The van der Waals surface area contributed by atoms with E-state index in [2.05, 4.69) is 0 Å². The van der Waals surface area contributed by atoms with Gasteiger partial charge in [0.25, 0.3) is 6.43 Å². The Balaban J connectivity index is 3.18. The van der Waals surface area contributed by atoms with Gasteiger partial charge in [-0.25, -0.2) is 22.0 Å². The average molecular weight is 384 g/mol. The van der Waals surface area contributed by atoms with E-state index >= 15 is 0 Å². The van der Waals surface area contributed by atoms with Crippen LogP contribution in [-0.4, -0.2) is 35.8 Å². The minimum atomic E-state index is -6.84. The van der Waals surface area contributed by atoms with Gasteiger partial charge in [-0.2, -0.15) is 22.0 Å². The van der Waals surface area contributed by atoms with Crippen molar-refractivity contribution in [3.05, 3.63) is 35.4 Å². The second-order valence-electron chi connectivity index (χ2n) is 4.77. The minimum Gasteiger partial charge on any atom is -0.294 e. The van der Waals surface area contributed by atoms with Crippen molar-refractivity contribution in [2.24, 2.45) is 0 Å². The molecule has 0 saturated carbocycles. The summed E-state index contributed by atoms with van der Waals surface area (Å²) >= 11 is 0. The number of hydrogen-bond donors (Lipinski definition) is 0. The van der Waals surface area contributed by atoms with Gasteiger partial charge in [-0.3, -0.25) is 9.59 Å². The molecule has 0 aliphatic carbocycles. The summed E-state index contributed by atoms with van der Waals surface area (Å²) in [5, 5.41) is 0. The van der Waals surface area contributed by atoms with Crippen LogP contribution in [0.25, 0.3) is 0 Å². The molecule has 0 bridgehead atoms. The molecule has 0 fully saturated rings. The SMILES string of the molecule is O=C(CC(=O)C(F)(F)C(F)(C(F)F)C(F)(F)F)c1cc(F)cc(F)c1. The van der Waals surface area contributed by atoms with E-state index in [0.717, 1.165) is 0 Å². The van der Waals surface area contributed by atoms with Crippen LogP contribution in [0.3, 0.4) is 0 Å². The molecule has 0 saturated heterocycles. The van der Waals surface area contributed by atoms with Gasteiger partial charge in [-0.1, -0.05) is 0 Å². The molecule has 0 spiro atoms. The molecular weight excluding hydrogens is 378 g/mol. The number of Topliss-reactive ketones (excluding diaryl/α,β-unsaturated/α-hetero) is 2. The van der Waals surface area contributed by atoms with E-state index in [1.54, 1.807) is 0 Å². The summed E-state index contributed by atoms with van der Waals surface area (Å²) in [4.78, 5) is 22.7. The molecule has 140 valence electrons. The lowest BCUT2D eigenvalue weighted by molar-refractivity contribution is -0.326. The molecule has 1 aromatic rings. The standard InChI is InChI=1S/C13H6F10O2/c14-6-1-5(2-7(15)3-6)8(24)4-9(25)12(19,20)11(18,10(16)17)13(21,22)23/h1-3,10H,4H2. The third-order valence-electron chi connectivity index (χ3n) is 3.03. The summed E-state index contributed by atoms with van der Waals surface area (Å²) in [7, 11) is 0. The van der Waals surface area contributed by atoms with Gasteiger partial charge in [-0.15, -0.1) is 0 Å². The molecule has 0 aromatic heterocycles. The zero-order valence-electron chi connectivity index (χ0n) is 11.6. The molecule has 0 N–H and O–H groups in total. The van der Waals surface area contributed by atoms with Gasteiger partial charge in [-0.05, 0) is 12.1 Å². The monoisotopic (exact) mass is 384 g/mol. The van der Waals surface area contributed by atoms with Crippen molar-refractivity contribution >= 4 is 11.6 Å². The van der Waals surface area contributed by atoms with Gasteiger partial charge in [0.05, 0.1) is 6.42 Å². The zero-order chi connectivity index (χ0) is 19.8. The number of rotatable bonds is 6. The smallest absolute Gasteiger partial charge is 0.294 e. The maximum atomic E-state index is 13.4. The van der Waals surface area contributed by atoms with Gasteiger partial charge in [0.1, 0.15) is 11.6 Å². The van der Waals surface area contributed by atoms with Crippen molar-refractivity contribution in [2.45, 2.75) is 30.6 Å². The predicted octanol–water partition coefficient (Wildman–Crippen LogP) is 4.28. The molecule has 1 unspecified atom stereocenters. The van der Waals surface area contributed by atoms with Crippen LogP contribution in [0.4, 0.5) is 43.9 Å². The fourth-order valence-corrected chi connectivity index (χ4v) is 1.72. The second-order valence-corrected chi connectivity index (χ2v) is 4.77. The molecule has 1 atom stereocenters. The average Bonchev–Trinajstić information content (AvgIpc) is 2.43. The first kappa shape index (κ1) is 20.9. The lowest BCUT2D eigenvalue weighted by Gasteiger charge is -2.32. The van der Waals surface area contributed by atoms with Crippen LogP contribution in [0.2, 0.25) is 0 Å². The second kappa shape index (κ2) is 6.64. The number of benzene rings is 1. The highest BCUT2D eigenvalue weighted by Gasteiger charge is 2.79. The molecule has 1 rings (SSSR count). The Morgan fingerprint density at radius 3 is 1.68 bits per heavy atom. The molecule has 1 aromatic carbocycles. The van der Waals surface area contributed by atoms with Gasteiger partial charge in [0.2, 0.25) is 5.78 Å². The van der Waals surface area contributed by atoms with Crippen LogP contribution >= 0.6 is 0 Å². The zero-order valence-corrected chi connectivity index (χ0v) is 11.6. The summed E-state index contributed by atoms with van der Waals surface area (Å²) < 4.78 is 127. The number of alkyl halides is 8.